The molecule has 0 aliphatic carbocycles. The third-order valence-corrected chi connectivity index (χ3v) is 4.29. The van der Waals surface area contributed by atoms with Gasteiger partial charge in [0.15, 0.2) is 0 Å². The summed E-state index contributed by atoms with van der Waals surface area (Å²) in [5, 5.41) is 6.63. The summed E-state index contributed by atoms with van der Waals surface area (Å²) in [5.41, 5.74) is 3.07. The van der Waals surface area contributed by atoms with Gasteiger partial charge < -0.3 is 14.6 Å². The van der Waals surface area contributed by atoms with Crippen molar-refractivity contribution in [2.75, 3.05) is 0 Å². The van der Waals surface area contributed by atoms with E-state index in [2.05, 4.69) is 10.5 Å². The molecule has 2 aromatic carbocycles. The molecule has 1 amide bonds. The summed E-state index contributed by atoms with van der Waals surface area (Å²) < 4.78 is 24.4. The van der Waals surface area contributed by atoms with Crippen LogP contribution in [-0.2, 0) is 24.4 Å². The molecule has 1 N–H and O–H groups in total. The van der Waals surface area contributed by atoms with E-state index in [-0.39, 0.29) is 24.7 Å². The minimum atomic E-state index is -0.322. The Bertz CT molecular complexity index is 900. The zero-order valence-electron chi connectivity index (χ0n) is 15.3. The molecule has 0 saturated heterocycles. The Labute approximate surface area is 157 Å². The first-order valence-electron chi connectivity index (χ1n) is 8.66. The standard InChI is InChI=1S/C21H21FN2O3/c1-14-19(15(2)27-24-14)13-26-18-9-7-16(8-10-18)11-21(25)23-12-17-5-3-4-6-20(17)22/h3-10H,11-13H2,1-2H3,(H,23,25). The van der Waals surface area contributed by atoms with Crippen LogP contribution in [0.15, 0.2) is 53.1 Å². The van der Waals surface area contributed by atoms with Crippen molar-refractivity contribution in [2.24, 2.45) is 0 Å². The van der Waals surface area contributed by atoms with Crippen LogP contribution in [0.4, 0.5) is 4.39 Å². The largest absolute Gasteiger partial charge is 0.489 e. The fourth-order valence-electron chi connectivity index (χ4n) is 2.65. The lowest BCUT2D eigenvalue weighted by Gasteiger charge is -2.08. The maximum atomic E-state index is 13.6. The number of carbonyl (C=O) groups is 1. The molecule has 0 saturated carbocycles. The predicted octanol–water partition coefficient (Wildman–Crippen LogP) is 3.87. The van der Waals surface area contributed by atoms with Crippen molar-refractivity contribution in [1.29, 1.82) is 0 Å². The topological polar surface area (TPSA) is 64.4 Å². The molecule has 0 radical (unpaired) electrons. The Balaban J connectivity index is 1.50. The van der Waals surface area contributed by atoms with Gasteiger partial charge in [-0.05, 0) is 37.6 Å². The number of nitrogens with one attached hydrogen (secondary N) is 1. The van der Waals surface area contributed by atoms with Crippen LogP contribution >= 0.6 is 0 Å². The Morgan fingerprint density at radius 3 is 2.56 bits per heavy atom. The number of carbonyl (C=O) groups excluding carboxylic acids is 1. The van der Waals surface area contributed by atoms with E-state index in [0.717, 1.165) is 22.6 Å². The molecule has 0 spiro atoms. The molecule has 6 heteroatoms. The van der Waals surface area contributed by atoms with Gasteiger partial charge in [0.2, 0.25) is 5.91 Å². The number of hydrogen-bond acceptors (Lipinski definition) is 4. The molecule has 140 valence electrons. The molecular formula is C21H21FN2O3. The number of rotatable bonds is 7. The van der Waals surface area contributed by atoms with Gasteiger partial charge in [-0.15, -0.1) is 0 Å². The van der Waals surface area contributed by atoms with Gasteiger partial charge in [-0.25, -0.2) is 4.39 Å². The first-order chi connectivity index (χ1) is 13.0. The van der Waals surface area contributed by atoms with Crippen LogP contribution in [0.25, 0.3) is 0 Å². The number of aryl methyl sites for hydroxylation is 2. The Kier molecular flexibility index (Phi) is 5.86. The average molecular weight is 368 g/mol. The highest BCUT2D eigenvalue weighted by Crippen LogP contribution is 2.18. The summed E-state index contributed by atoms with van der Waals surface area (Å²) in [4.78, 5) is 12.1. The van der Waals surface area contributed by atoms with Crippen molar-refractivity contribution < 1.29 is 18.4 Å². The van der Waals surface area contributed by atoms with Crippen molar-refractivity contribution in [3.63, 3.8) is 0 Å². The van der Waals surface area contributed by atoms with Crippen molar-refractivity contribution in [3.05, 3.63) is 82.5 Å². The molecule has 0 bridgehead atoms. The molecule has 3 rings (SSSR count). The highest BCUT2D eigenvalue weighted by atomic mass is 19.1. The normalized spacial score (nSPS) is 10.6. The van der Waals surface area contributed by atoms with Gasteiger partial charge in [-0.2, -0.15) is 0 Å². The van der Waals surface area contributed by atoms with E-state index in [9.17, 15) is 9.18 Å². The van der Waals surface area contributed by atoms with Crippen LogP contribution < -0.4 is 10.1 Å². The molecule has 5 nitrogen and oxygen atoms in total. The van der Waals surface area contributed by atoms with Gasteiger partial charge in [-0.3, -0.25) is 4.79 Å². The molecule has 27 heavy (non-hydrogen) atoms. The summed E-state index contributed by atoms with van der Waals surface area (Å²) in [6, 6.07) is 13.7. The number of nitrogens with zero attached hydrogens (tertiary/aromatic N) is 1. The first-order valence-corrected chi connectivity index (χ1v) is 8.66. The van der Waals surface area contributed by atoms with Crippen molar-refractivity contribution >= 4 is 5.91 Å². The predicted molar refractivity (Wildman–Crippen MR) is 98.7 cm³/mol. The lowest BCUT2D eigenvalue weighted by Crippen LogP contribution is -2.24. The lowest BCUT2D eigenvalue weighted by atomic mass is 10.1. The molecule has 0 atom stereocenters. The molecule has 3 aromatic rings. The maximum Gasteiger partial charge on any atom is 0.224 e. The summed E-state index contributed by atoms with van der Waals surface area (Å²) in [5.74, 6) is 0.960. The van der Waals surface area contributed by atoms with Gasteiger partial charge in [-0.1, -0.05) is 35.5 Å². The van der Waals surface area contributed by atoms with Gasteiger partial charge in [0, 0.05) is 12.1 Å². The summed E-state index contributed by atoms with van der Waals surface area (Å²) >= 11 is 0. The lowest BCUT2D eigenvalue weighted by molar-refractivity contribution is -0.120. The van der Waals surface area contributed by atoms with Crippen molar-refractivity contribution in [3.8, 4) is 5.75 Å². The summed E-state index contributed by atoms with van der Waals surface area (Å²) in [6.07, 6.45) is 0.221. The number of hydrogen-bond donors (Lipinski definition) is 1. The fraction of sp³-hybridized carbons (Fsp3) is 0.238. The third-order valence-electron chi connectivity index (χ3n) is 4.29. The molecule has 0 unspecified atom stereocenters. The van der Waals surface area contributed by atoms with Crippen LogP contribution in [-0.4, -0.2) is 11.1 Å². The van der Waals surface area contributed by atoms with Crippen LogP contribution in [0.2, 0.25) is 0 Å². The van der Waals surface area contributed by atoms with E-state index in [1.807, 2.05) is 38.1 Å². The second-order valence-electron chi connectivity index (χ2n) is 6.28. The quantitative estimate of drug-likeness (QED) is 0.688. The first kappa shape index (κ1) is 18.6. The van der Waals surface area contributed by atoms with E-state index in [4.69, 9.17) is 9.26 Å². The van der Waals surface area contributed by atoms with E-state index in [1.165, 1.54) is 6.07 Å². The highest BCUT2D eigenvalue weighted by Gasteiger charge is 2.10. The minimum absolute atomic E-state index is 0.164. The molecule has 1 heterocycles. The molecule has 0 aliphatic heterocycles. The Morgan fingerprint density at radius 2 is 1.89 bits per heavy atom. The Hall–Kier alpha value is -3.15. The smallest absolute Gasteiger partial charge is 0.224 e. The van der Waals surface area contributed by atoms with Gasteiger partial charge in [0.05, 0.1) is 17.7 Å². The van der Waals surface area contributed by atoms with Crippen LogP contribution in [0.1, 0.15) is 28.1 Å². The Morgan fingerprint density at radius 1 is 1.15 bits per heavy atom. The number of halogens is 1. The molecule has 0 aliphatic rings. The van der Waals surface area contributed by atoms with Crippen LogP contribution in [0.3, 0.4) is 0 Å². The summed E-state index contributed by atoms with van der Waals surface area (Å²) in [7, 11) is 0. The second kappa shape index (κ2) is 8.49. The van der Waals surface area contributed by atoms with E-state index >= 15 is 0 Å². The zero-order chi connectivity index (χ0) is 19.2. The van der Waals surface area contributed by atoms with Crippen molar-refractivity contribution in [1.82, 2.24) is 10.5 Å². The van der Waals surface area contributed by atoms with E-state index < -0.39 is 0 Å². The number of aromatic nitrogens is 1. The second-order valence-corrected chi connectivity index (χ2v) is 6.28. The monoisotopic (exact) mass is 368 g/mol. The molecular weight excluding hydrogens is 347 g/mol. The fourth-order valence-corrected chi connectivity index (χ4v) is 2.65. The van der Waals surface area contributed by atoms with Crippen molar-refractivity contribution in [2.45, 2.75) is 33.4 Å². The SMILES string of the molecule is Cc1noc(C)c1COc1ccc(CC(=O)NCc2ccccc2F)cc1. The average Bonchev–Trinajstić information content (AvgIpc) is 2.98. The number of amides is 1. The van der Waals surface area contributed by atoms with E-state index in [0.29, 0.717) is 17.9 Å². The number of ether oxygens (including phenoxy) is 1. The minimum Gasteiger partial charge on any atom is -0.489 e. The maximum absolute atomic E-state index is 13.6. The number of benzene rings is 2. The van der Waals surface area contributed by atoms with Gasteiger partial charge in [0.25, 0.3) is 0 Å². The van der Waals surface area contributed by atoms with Crippen LogP contribution in [0.5, 0.6) is 5.75 Å². The van der Waals surface area contributed by atoms with E-state index in [1.54, 1.807) is 18.2 Å². The molecule has 1 aromatic heterocycles. The van der Waals surface area contributed by atoms with Gasteiger partial charge in [0.1, 0.15) is 23.9 Å². The highest BCUT2D eigenvalue weighted by molar-refractivity contribution is 5.78. The summed E-state index contributed by atoms with van der Waals surface area (Å²) in [6.45, 7) is 4.27. The van der Waals surface area contributed by atoms with Gasteiger partial charge >= 0.3 is 0 Å². The molecule has 0 fully saturated rings. The third kappa shape index (κ3) is 4.94. The van der Waals surface area contributed by atoms with Crippen LogP contribution in [0, 0.1) is 19.7 Å². The zero-order valence-corrected chi connectivity index (χ0v) is 15.3.